The molecule has 0 rings (SSSR count). The van der Waals surface area contributed by atoms with Crippen LogP contribution in [0.4, 0.5) is 0 Å². The quantitative estimate of drug-likeness (QED) is 0.394. The molecule has 2 N–H and O–H groups in total. The molecule has 40 valence electrons. The van der Waals surface area contributed by atoms with Crippen LogP contribution in [0.2, 0.25) is 0 Å². The molecule has 0 saturated heterocycles. The molecular weight excluding hydrogens is 92.1 g/mol. The highest BCUT2D eigenvalue weighted by molar-refractivity contribution is 5.79. The van der Waals surface area contributed by atoms with Gasteiger partial charge in [0.1, 0.15) is 0 Å². The van der Waals surface area contributed by atoms with E-state index in [4.69, 9.17) is 10.8 Å². The number of hydrogen-bond acceptors (Lipinski definition) is 3. The molecule has 0 aromatic rings. The average molecular weight is 100 g/mol. The summed E-state index contributed by atoms with van der Waals surface area (Å²) in [7, 11) is 0. The Kier molecular flexibility index (Phi) is 2.92. The summed E-state index contributed by atoms with van der Waals surface area (Å²) in [5, 5.41) is 13.1. The highest BCUT2D eigenvalue weighted by atomic mass is 16.5. The molecule has 0 amide bonds. The highest BCUT2D eigenvalue weighted by Crippen LogP contribution is 1.78. The van der Waals surface area contributed by atoms with Gasteiger partial charge in [-0.25, -0.2) is 0 Å². The van der Waals surface area contributed by atoms with Gasteiger partial charge >= 0.3 is 0 Å². The van der Waals surface area contributed by atoms with Gasteiger partial charge in [-0.15, -0.1) is 0 Å². The fraction of sp³-hybridized carbons (Fsp3) is 0.500. The predicted octanol–water partition coefficient (Wildman–Crippen LogP) is 0.997. The molecule has 0 aromatic carbocycles. The summed E-state index contributed by atoms with van der Waals surface area (Å²) in [5.74, 6) is 0.134. The number of rotatable bonds is 2. The molecule has 0 saturated carbocycles. The van der Waals surface area contributed by atoms with Crippen molar-refractivity contribution in [2.45, 2.75) is 13.3 Å². The molecule has 0 spiro atoms. The monoisotopic (exact) mass is 100 g/mol. The zero-order valence-electron chi connectivity index (χ0n) is 4.19. The summed E-state index contributed by atoms with van der Waals surface area (Å²) in [6.07, 6.45) is 1.31. The van der Waals surface area contributed by atoms with Crippen molar-refractivity contribution in [3.63, 3.8) is 0 Å². The minimum absolute atomic E-state index is 0.134. The lowest BCUT2D eigenvalue weighted by molar-refractivity contribution is 0.542. The van der Waals surface area contributed by atoms with E-state index < -0.39 is 0 Å². The summed E-state index contributed by atoms with van der Waals surface area (Å²) in [6.45, 7) is 1.80. The smallest absolute Gasteiger partial charge is 0.188 e. The number of nitrogens with one attached hydrogen (secondary N) is 2. The maximum absolute atomic E-state index is 6.76. The molecule has 0 bridgehead atoms. The van der Waals surface area contributed by atoms with E-state index in [1.807, 2.05) is 0 Å². The lowest BCUT2D eigenvalue weighted by Crippen LogP contribution is -1.96. The van der Waals surface area contributed by atoms with Crippen molar-refractivity contribution in [2.24, 2.45) is 0 Å². The predicted molar refractivity (Wildman–Crippen MR) is 27.9 cm³/mol. The first-order chi connectivity index (χ1) is 3.31. The summed E-state index contributed by atoms with van der Waals surface area (Å²) in [5.41, 5.74) is 0. The Hall–Kier alpha value is -0.860. The van der Waals surface area contributed by atoms with Crippen LogP contribution in [0.5, 0.6) is 0 Å². The summed E-state index contributed by atoms with van der Waals surface area (Å²) in [6, 6.07) is 0. The van der Waals surface area contributed by atoms with Crippen molar-refractivity contribution >= 4 is 12.3 Å². The molecule has 0 aromatic heterocycles. The van der Waals surface area contributed by atoms with Gasteiger partial charge in [0.2, 0.25) is 0 Å². The lowest BCUT2D eigenvalue weighted by atomic mass is 10.5. The van der Waals surface area contributed by atoms with Crippen LogP contribution in [0.1, 0.15) is 13.3 Å². The molecule has 7 heavy (non-hydrogen) atoms. The Morgan fingerprint density at radius 3 is 2.57 bits per heavy atom. The second-order valence-corrected chi connectivity index (χ2v) is 1.01. The van der Waals surface area contributed by atoms with Gasteiger partial charge in [-0.1, -0.05) is 6.92 Å². The Labute approximate surface area is 42.3 Å². The van der Waals surface area contributed by atoms with Crippen molar-refractivity contribution in [1.82, 2.24) is 0 Å². The van der Waals surface area contributed by atoms with Crippen molar-refractivity contribution in [2.75, 3.05) is 0 Å². The van der Waals surface area contributed by atoms with E-state index in [1.165, 1.54) is 0 Å². The van der Waals surface area contributed by atoms with Crippen molar-refractivity contribution < 1.29 is 4.74 Å². The van der Waals surface area contributed by atoms with Gasteiger partial charge in [-0.3, -0.25) is 10.8 Å². The van der Waals surface area contributed by atoms with Gasteiger partial charge in [0.15, 0.2) is 12.3 Å². The first-order valence-corrected chi connectivity index (χ1v) is 2.04. The molecule has 0 aliphatic rings. The van der Waals surface area contributed by atoms with Gasteiger partial charge in [-0.05, 0) is 0 Å². The van der Waals surface area contributed by atoms with Crippen molar-refractivity contribution in [3.8, 4) is 0 Å². The van der Waals surface area contributed by atoms with Crippen LogP contribution in [0.3, 0.4) is 0 Å². The van der Waals surface area contributed by atoms with E-state index in [9.17, 15) is 0 Å². The van der Waals surface area contributed by atoms with E-state index in [-0.39, 0.29) is 5.90 Å². The van der Waals surface area contributed by atoms with E-state index in [2.05, 4.69) is 4.74 Å². The van der Waals surface area contributed by atoms with Crippen LogP contribution in [-0.4, -0.2) is 12.3 Å². The first kappa shape index (κ1) is 6.14. The van der Waals surface area contributed by atoms with Gasteiger partial charge in [-0.2, -0.15) is 0 Å². The average Bonchev–Trinajstić information content (AvgIpc) is 1.68. The summed E-state index contributed by atoms with van der Waals surface area (Å²) in [4.78, 5) is 0. The van der Waals surface area contributed by atoms with Gasteiger partial charge < -0.3 is 4.74 Å². The minimum atomic E-state index is 0.134. The van der Waals surface area contributed by atoms with Gasteiger partial charge in [0.05, 0.1) is 0 Å². The molecule has 0 fully saturated rings. The van der Waals surface area contributed by atoms with Crippen LogP contribution in [0.25, 0.3) is 0 Å². The Balaban J connectivity index is 3.17. The second kappa shape index (κ2) is 3.33. The Bertz CT molecular complexity index is 79.8. The van der Waals surface area contributed by atoms with Crippen LogP contribution in [0.15, 0.2) is 0 Å². The minimum Gasteiger partial charge on any atom is -0.433 e. The molecular formula is C4H8N2O. The van der Waals surface area contributed by atoms with Crippen LogP contribution in [-0.2, 0) is 4.74 Å². The molecule has 0 aliphatic carbocycles. The molecule has 3 nitrogen and oxygen atoms in total. The maximum Gasteiger partial charge on any atom is 0.188 e. The maximum atomic E-state index is 6.76. The van der Waals surface area contributed by atoms with Crippen LogP contribution in [0, 0.1) is 10.8 Å². The normalized spacial score (nSPS) is 7.57. The molecule has 0 unspecified atom stereocenters. The van der Waals surface area contributed by atoms with E-state index >= 15 is 0 Å². The fourth-order valence-electron chi connectivity index (χ4n) is 0.154. The molecule has 0 atom stereocenters. The van der Waals surface area contributed by atoms with E-state index in [0.717, 1.165) is 6.40 Å². The lowest BCUT2D eigenvalue weighted by Gasteiger charge is -1.91. The Morgan fingerprint density at radius 2 is 2.43 bits per heavy atom. The SMILES string of the molecule is CCC(=N)OC=N. The standard InChI is InChI=1S/C4H8N2O/c1-2-4(6)7-3-5/h3,5-6H,2H2,1H3. The van der Waals surface area contributed by atoms with Gasteiger partial charge in [0.25, 0.3) is 0 Å². The van der Waals surface area contributed by atoms with Crippen molar-refractivity contribution in [3.05, 3.63) is 0 Å². The van der Waals surface area contributed by atoms with E-state index in [1.54, 1.807) is 6.92 Å². The second-order valence-electron chi connectivity index (χ2n) is 1.01. The molecule has 0 heterocycles. The third-order valence-electron chi connectivity index (χ3n) is 0.522. The summed E-state index contributed by atoms with van der Waals surface area (Å²) < 4.78 is 4.32. The number of hydrogen-bond donors (Lipinski definition) is 2. The van der Waals surface area contributed by atoms with E-state index in [0.29, 0.717) is 6.42 Å². The largest absolute Gasteiger partial charge is 0.433 e. The first-order valence-electron chi connectivity index (χ1n) is 2.04. The van der Waals surface area contributed by atoms with Crippen LogP contribution < -0.4 is 0 Å². The molecule has 0 aliphatic heterocycles. The molecule has 0 radical (unpaired) electrons. The summed E-state index contributed by atoms with van der Waals surface area (Å²) >= 11 is 0. The highest BCUT2D eigenvalue weighted by Gasteiger charge is 1.84. The number of ether oxygens (including phenoxy) is 1. The third kappa shape index (κ3) is 2.96. The zero-order chi connectivity index (χ0) is 5.70. The Morgan fingerprint density at radius 1 is 1.86 bits per heavy atom. The van der Waals surface area contributed by atoms with Crippen LogP contribution >= 0.6 is 0 Å². The third-order valence-corrected chi connectivity index (χ3v) is 0.522. The van der Waals surface area contributed by atoms with Crippen molar-refractivity contribution in [1.29, 1.82) is 10.8 Å². The topological polar surface area (TPSA) is 56.9 Å². The zero-order valence-corrected chi connectivity index (χ0v) is 4.19. The molecule has 3 heteroatoms. The fourth-order valence-corrected chi connectivity index (χ4v) is 0.154. The van der Waals surface area contributed by atoms with Gasteiger partial charge in [0, 0.05) is 6.42 Å².